The summed E-state index contributed by atoms with van der Waals surface area (Å²) in [4.78, 5) is 0. The summed E-state index contributed by atoms with van der Waals surface area (Å²) >= 11 is 5.85. The highest BCUT2D eigenvalue weighted by Crippen LogP contribution is 2.24. The summed E-state index contributed by atoms with van der Waals surface area (Å²) in [5, 5.41) is 3.45. The number of benzene rings is 2. The second kappa shape index (κ2) is 7.53. The van der Waals surface area contributed by atoms with E-state index in [1.165, 1.54) is 12.1 Å². The molecule has 0 heterocycles. The summed E-state index contributed by atoms with van der Waals surface area (Å²) in [6, 6.07) is 11.2. The van der Waals surface area contributed by atoms with E-state index in [1.54, 1.807) is 24.3 Å². The van der Waals surface area contributed by atoms with Crippen LogP contribution in [0.1, 0.15) is 30.5 Å². The van der Waals surface area contributed by atoms with E-state index in [2.05, 4.69) is 12.2 Å². The smallest absolute Gasteiger partial charge is 0.141 e. The Balaban J connectivity index is 2.25. The summed E-state index contributed by atoms with van der Waals surface area (Å²) < 4.78 is 27.1. The van der Waals surface area contributed by atoms with Crippen LogP contribution in [0.25, 0.3) is 0 Å². The van der Waals surface area contributed by atoms with Crippen LogP contribution in [0.5, 0.6) is 0 Å². The summed E-state index contributed by atoms with van der Waals surface area (Å²) in [5.41, 5.74) is 1.49. The van der Waals surface area contributed by atoms with Crippen LogP contribution in [-0.2, 0) is 6.42 Å². The Morgan fingerprint density at radius 1 is 1.10 bits per heavy atom. The van der Waals surface area contributed by atoms with Crippen LogP contribution < -0.4 is 5.32 Å². The molecular weight excluding hydrogens is 292 g/mol. The van der Waals surface area contributed by atoms with Gasteiger partial charge in [0, 0.05) is 6.04 Å². The van der Waals surface area contributed by atoms with Gasteiger partial charge in [-0.15, -0.1) is 0 Å². The summed E-state index contributed by atoms with van der Waals surface area (Å²) in [5.74, 6) is -0.672. The molecule has 0 aliphatic heterocycles. The molecule has 1 N–H and O–H groups in total. The molecule has 0 fully saturated rings. The third-order valence-electron chi connectivity index (χ3n) is 3.37. The number of nitrogens with one attached hydrogen (secondary N) is 1. The second-order valence-corrected chi connectivity index (χ2v) is 5.38. The predicted molar refractivity (Wildman–Crippen MR) is 82.5 cm³/mol. The van der Waals surface area contributed by atoms with E-state index in [1.807, 2.05) is 6.07 Å². The summed E-state index contributed by atoms with van der Waals surface area (Å²) in [6.45, 7) is 2.86. The van der Waals surface area contributed by atoms with Gasteiger partial charge in [0.25, 0.3) is 0 Å². The molecule has 1 nitrogen and oxygen atoms in total. The molecule has 2 aromatic rings. The van der Waals surface area contributed by atoms with Gasteiger partial charge in [0.15, 0.2) is 0 Å². The minimum atomic E-state index is -0.444. The molecule has 1 unspecified atom stereocenters. The SMILES string of the molecule is CCCNC(Cc1ccccc1F)c1ccc(F)c(Cl)c1. The molecule has 4 heteroatoms. The lowest BCUT2D eigenvalue weighted by atomic mass is 9.98. The maximum atomic E-state index is 13.8. The molecule has 0 aliphatic rings. The van der Waals surface area contributed by atoms with Crippen LogP contribution in [-0.4, -0.2) is 6.54 Å². The highest BCUT2D eigenvalue weighted by Gasteiger charge is 2.15. The van der Waals surface area contributed by atoms with Gasteiger partial charge >= 0.3 is 0 Å². The Labute approximate surface area is 128 Å². The fourth-order valence-corrected chi connectivity index (χ4v) is 2.43. The lowest BCUT2D eigenvalue weighted by Crippen LogP contribution is -2.24. The summed E-state index contributed by atoms with van der Waals surface area (Å²) in [7, 11) is 0. The number of rotatable bonds is 6. The lowest BCUT2D eigenvalue weighted by Gasteiger charge is -2.20. The number of hydrogen-bond acceptors (Lipinski definition) is 1. The van der Waals surface area contributed by atoms with Crippen molar-refractivity contribution >= 4 is 11.6 Å². The van der Waals surface area contributed by atoms with E-state index in [9.17, 15) is 8.78 Å². The molecular formula is C17H18ClF2N. The maximum Gasteiger partial charge on any atom is 0.141 e. The highest BCUT2D eigenvalue weighted by atomic mass is 35.5. The standard InChI is InChI=1S/C17H18ClF2N/c1-2-9-21-17(11-12-5-3-4-6-15(12)19)13-7-8-16(20)14(18)10-13/h3-8,10,17,21H,2,9,11H2,1H3. The zero-order valence-corrected chi connectivity index (χ0v) is 12.6. The monoisotopic (exact) mass is 309 g/mol. The van der Waals surface area contributed by atoms with Crippen molar-refractivity contribution in [3.63, 3.8) is 0 Å². The van der Waals surface area contributed by atoms with Crippen molar-refractivity contribution in [1.29, 1.82) is 0 Å². The van der Waals surface area contributed by atoms with Crippen molar-refractivity contribution in [3.05, 3.63) is 70.2 Å². The maximum absolute atomic E-state index is 13.8. The molecule has 0 saturated carbocycles. The molecule has 21 heavy (non-hydrogen) atoms. The van der Waals surface area contributed by atoms with E-state index < -0.39 is 5.82 Å². The average Bonchev–Trinajstić information content (AvgIpc) is 2.48. The van der Waals surface area contributed by atoms with Crippen LogP contribution in [0.2, 0.25) is 5.02 Å². The molecule has 0 amide bonds. The van der Waals surface area contributed by atoms with Crippen molar-refractivity contribution < 1.29 is 8.78 Å². The van der Waals surface area contributed by atoms with Gasteiger partial charge in [-0.2, -0.15) is 0 Å². The first-order valence-corrected chi connectivity index (χ1v) is 7.41. The van der Waals surface area contributed by atoms with Gasteiger partial charge < -0.3 is 5.32 Å². The van der Waals surface area contributed by atoms with E-state index in [4.69, 9.17) is 11.6 Å². The third kappa shape index (κ3) is 4.26. The fraction of sp³-hybridized carbons (Fsp3) is 0.294. The molecule has 0 spiro atoms. The molecule has 112 valence electrons. The predicted octanol–water partition coefficient (Wildman–Crippen LogP) is 4.90. The van der Waals surface area contributed by atoms with Crippen molar-refractivity contribution in [1.82, 2.24) is 5.32 Å². The zero-order chi connectivity index (χ0) is 15.2. The van der Waals surface area contributed by atoms with Crippen molar-refractivity contribution in [3.8, 4) is 0 Å². The first kappa shape index (κ1) is 15.9. The normalized spacial score (nSPS) is 12.4. The Morgan fingerprint density at radius 2 is 1.86 bits per heavy atom. The van der Waals surface area contributed by atoms with E-state index >= 15 is 0 Å². The van der Waals surface area contributed by atoms with Crippen LogP contribution in [0, 0.1) is 11.6 Å². The van der Waals surface area contributed by atoms with E-state index in [0.29, 0.717) is 12.0 Å². The Hall–Kier alpha value is -1.45. The van der Waals surface area contributed by atoms with Gasteiger partial charge in [0.05, 0.1) is 5.02 Å². The topological polar surface area (TPSA) is 12.0 Å². The van der Waals surface area contributed by atoms with E-state index in [0.717, 1.165) is 18.5 Å². The molecule has 2 aromatic carbocycles. The van der Waals surface area contributed by atoms with Crippen molar-refractivity contribution in [2.75, 3.05) is 6.54 Å². The average molecular weight is 310 g/mol. The Kier molecular flexibility index (Phi) is 5.71. The molecule has 0 aromatic heterocycles. The van der Waals surface area contributed by atoms with Gasteiger partial charge in [-0.05, 0) is 48.7 Å². The van der Waals surface area contributed by atoms with Crippen LogP contribution >= 0.6 is 11.6 Å². The number of hydrogen-bond donors (Lipinski definition) is 1. The van der Waals surface area contributed by atoms with Crippen molar-refractivity contribution in [2.24, 2.45) is 0 Å². The van der Waals surface area contributed by atoms with Gasteiger partial charge in [-0.3, -0.25) is 0 Å². The first-order chi connectivity index (χ1) is 10.1. The molecule has 2 rings (SSSR count). The van der Waals surface area contributed by atoms with Crippen molar-refractivity contribution in [2.45, 2.75) is 25.8 Å². The quantitative estimate of drug-likeness (QED) is 0.800. The zero-order valence-electron chi connectivity index (χ0n) is 11.9. The van der Waals surface area contributed by atoms with Gasteiger partial charge in [0.2, 0.25) is 0 Å². The Morgan fingerprint density at radius 3 is 2.52 bits per heavy atom. The van der Waals surface area contributed by atoms with E-state index in [-0.39, 0.29) is 16.9 Å². The van der Waals surface area contributed by atoms with Crippen LogP contribution in [0.15, 0.2) is 42.5 Å². The highest BCUT2D eigenvalue weighted by molar-refractivity contribution is 6.30. The Bertz CT molecular complexity index is 601. The molecule has 0 saturated heterocycles. The molecule has 0 bridgehead atoms. The van der Waals surface area contributed by atoms with Gasteiger partial charge in [-0.1, -0.05) is 42.8 Å². The second-order valence-electron chi connectivity index (χ2n) is 4.98. The lowest BCUT2D eigenvalue weighted by molar-refractivity contribution is 0.512. The first-order valence-electron chi connectivity index (χ1n) is 7.03. The summed E-state index contributed by atoms with van der Waals surface area (Å²) in [6.07, 6.45) is 1.46. The van der Waals surface area contributed by atoms with Crippen LogP contribution in [0.3, 0.4) is 0 Å². The third-order valence-corrected chi connectivity index (χ3v) is 3.66. The molecule has 0 radical (unpaired) electrons. The number of halogens is 3. The molecule has 1 atom stereocenters. The fourth-order valence-electron chi connectivity index (χ4n) is 2.24. The molecule has 0 aliphatic carbocycles. The minimum Gasteiger partial charge on any atom is -0.310 e. The largest absolute Gasteiger partial charge is 0.310 e. The van der Waals surface area contributed by atoms with Gasteiger partial charge in [-0.25, -0.2) is 8.78 Å². The van der Waals surface area contributed by atoms with Crippen LogP contribution in [0.4, 0.5) is 8.78 Å². The minimum absolute atomic E-state index is 0.0873. The van der Waals surface area contributed by atoms with Gasteiger partial charge in [0.1, 0.15) is 11.6 Å².